The van der Waals surface area contributed by atoms with E-state index in [1.807, 2.05) is 18.2 Å². The standard InChI is InChI=1S/C20H22BrNO2/c21-17-7-3-6-16(13-17)20(11-4-12-20)14-22-19(24)10-9-15-5-1-2-8-18(15)23/h1-3,5-8,13,23H,4,9-12,14H2,(H,22,24). The number of phenols is 1. The number of amides is 1. The highest BCUT2D eigenvalue weighted by molar-refractivity contribution is 9.10. The molecule has 0 saturated heterocycles. The molecule has 0 heterocycles. The van der Waals surface area contributed by atoms with E-state index in [1.54, 1.807) is 12.1 Å². The molecule has 0 bridgehead atoms. The van der Waals surface area contributed by atoms with Gasteiger partial charge in [0, 0.05) is 22.9 Å². The number of phenolic OH excluding ortho intramolecular Hbond substituents is 1. The number of aromatic hydroxyl groups is 1. The molecule has 126 valence electrons. The first-order valence-electron chi connectivity index (χ1n) is 8.39. The van der Waals surface area contributed by atoms with E-state index in [0.29, 0.717) is 19.4 Å². The third kappa shape index (κ3) is 3.81. The van der Waals surface area contributed by atoms with Crippen LogP contribution in [0.2, 0.25) is 0 Å². The van der Waals surface area contributed by atoms with Gasteiger partial charge in [-0.3, -0.25) is 4.79 Å². The zero-order chi connectivity index (χ0) is 17.0. The number of hydrogen-bond acceptors (Lipinski definition) is 2. The van der Waals surface area contributed by atoms with Gasteiger partial charge in [-0.25, -0.2) is 0 Å². The van der Waals surface area contributed by atoms with Gasteiger partial charge < -0.3 is 10.4 Å². The molecule has 0 unspecified atom stereocenters. The van der Waals surface area contributed by atoms with Crippen LogP contribution in [0.5, 0.6) is 5.75 Å². The Morgan fingerprint density at radius 3 is 2.62 bits per heavy atom. The van der Waals surface area contributed by atoms with Crippen LogP contribution in [0.1, 0.15) is 36.8 Å². The van der Waals surface area contributed by atoms with Crippen LogP contribution in [-0.2, 0) is 16.6 Å². The van der Waals surface area contributed by atoms with Crippen LogP contribution in [0.25, 0.3) is 0 Å². The summed E-state index contributed by atoms with van der Waals surface area (Å²) in [6.45, 7) is 0.684. The predicted molar refractivity (Wildman–Crippen MR) is 99.1 cm³/mol. The second-order valence-electron chi connectivity index (χ2n) is 6.55. The molecular weight excluding hydrogens is 366 g/mol. The lowest BCUT2D eigenvalue weighted by Gasteiger charge is -2.42. The summed E-state index contributed by atoms with van der Waals surface area (Å²) >= 11 is 3.53. The van der Waals surface area contributed by atoms with Crippen LogP contribution in [0.4, 0.5) is 0 Å². The number of nitrogens with one attached hydrogen (secondary N) is 1. The molecule has 24 heavy (non-hydrogen) atoms. The van der Waals surface area contributed by atoms with Crippen LogP contribution in [0, 0.1) is 0 Å². The maximum Gasteiger partial charge on any atom is 0.220 e. The number of aryl methyl sites for hydroxylation is 1. The van der Waals surface area contributed by atoms with Gasteiger partial charge in [0.15, 0.2) is 0 Å². The van der Waals surface area contributed by atoms with Crippen molar-refractivity contribution >= 4 is 21.8 Å². The average molecular weight is 388 g/mol. The molecule has 4 heteroatoms. The van der Waals surface area contributed by atoms with Gasteiger partial charge in [-0.15, -0.1) is 0 Å². The third-order valence-electron chi connectivity index (χ3n) is 4.98. The molecule has 3 nitrogen and oxygen atoms in total. The van der Waals surface area contributed by atoms with E-state index in [1.165, 1.54) is 12.0 Å². The molecule has 0 aliphatic heterocycles. The lowest BCUT2D eigenvalue weighted by molar-refractivity contribution is -0.121. The third-order valence-corrected chi connectivity index (χ3v) is 5.48. The molecule has 2 aromatic rings. The fourth-order valence-corrected chi connectivity index (χ4v) is 3.72. The van der Waals surface area contributed by atoms with E-state index in [9.17, 15) is 9.90 Å². The minimum atomic E-state index is 0.0412. The Morgan fingerprint density at radius 2 is 1.96 bits per heavy atom. The summed E-state index contributed by atoms with van der Waals surface area (Å²) in [6, 6.07) is 15.6. The Labute approximate surface area is 151 Å². The average Bonchev–Trinajstić information content (AvgIpc) is 2.53. The van der Waals surface area contributed by atoms with Gasteiger partial charge in [0.2, 0.25) is 5.91 Å². The van der Waals surface area contributed by atoms with Crippen LogP contribution < -0.4 is 5.32 Å². The molecular formula is C20H22BrNO2. The summed E-state index contributed by atoms with van der Waals surface area (Å²) in [6.07, 6.45) is 4.39. The van der Waals surface area contributed by atoms with Gasteiger partial charge in [0.05, 0.1) is 0 Å². The first-order valence-corrected chi connectivity index (χ1v) is 9.18. The fourth-order valence-electron chi connectivity index (χ4n) is 3.32. The molecule has 0 aromatic heterocycles. The number of hydrogen-bond donors (Lipinski definition) is 2. The highest BCUT2D eigenvalue weighted by Crippen LogP contribution is 2.43. The first kappa shape index (κ1) is 17.0. The largest absolute Gasteiger partial charge is 0.508 e. The molecule has 1 fully saturated rings. The number of para-hydroxylation sites is 1. The Balaban J connectivity index is 1.56. The molecule has 3 rings (SSSR count). The smallest absolute Gasteiger partial charge is 0.220 e. The number of carbonyl (C=O) groups is 1. The summed E-state index contributed by atoms with van der Waals surface area (Å²) < 4.78 is 1.08. The second-order valence-corrected chi connectivity index (χ2v) is 7.47. The lowest BCUT2D eigenvalue weighted by Crippen LogP contribution is -2.45. The van der Waals surface area contributed by atoms with Crippen LogP contribution in [0.15, 0.2) is 53.0 Å². The number of rotatable bonds is 6. The van der Waals surface area contributed by atoms with Crippen molar-refractivity contribution in [3.63, 3.8) is 0 Å². The fraction of sp³-hybridized carbons (Fsp3) is 0.350. The first-order chi connectivity index (χ1) is 11.6. The van der Waals surface area contributed by atoms with Crippen molar-refractivity contribution in [2.75, 3.05) is 6.54 Å². The number of carbonyl (C=O) groups excluding carboxylic acids is 1. The van der Waals surface area contributed by atoms with Crippen molar-refractivity contribution in [1.82, 2.24) is 5.32 Å². The molecule has 1 amide bonds. The van der Waals surface area contributed by atoms with Crippen LogP contribution in [0.3, 0.4) is 0 Å². The maximum atomic E-state index is 12.2. The van der Waals surface area contributed by atoms with Crippen LogP contribution >= 0.6 is 15.9 Å². The molecule has 2 N–H and O–H groups in total. The van der Waals surface area contributed by atoms with Gasteiger partial charge in [-0.2, -0.15) is 0 Å². The molecule has 1 saturated carbocycles. The van der Waals surface area contributed by atoms with Crippen molar-refractivity contribution in [2.24, 2.45) is 0 Å². The van der Waals surface area contributed by atoms with Gasteiger partial charge in [-0.05, 0) is 48.6 Å². The number of halogens is 1. The quantitative estimate of drug-likeness (QED) is 0.774. The van der Waals surface area contributed by atoms with Gasteiger partial charge in [0.25, 0.3) is 0 Å². The van der Waals surface area contributed by atoms with Gasteiger partial charge in [0.1, 0.15) is 5.75 Å². The summed E-state index contributed by atoms with van der Waals surface area (Å²) in [4.78, 5) is 12.2. The van der Waals surface area contributed by atoms with Crippen molar-refractivity contribution in [2.45, 2.75) is 37.5 Å². The Morgan fingerprint density at radius 1 is 1.17 bits per heavy atom. The second kappa shape index (κ2) is 7.39. The van der Waals surface area contributed by atoms with E-state index in [0.717, 1.165) is 22.9 Å². The van der Waals surface area contributed by atoms with Crippen molar-refractivity contribution in [3.05, 3.63) is 64.1 Å². The van der Waals surface area contributed by atoms with E-state index in [4.69, 9.17) is 0 Å². The normalized spacial score (nSPS) is 15.5. The van der Waals surface area contributed by atoms with Gasteiger partial charge >= 0.3 is 0 Å². The number of benzene rings is 2. The molecule has 1 aliphatic carbocycles. The highest BCUT2D eigenvalue weighted by Gasteiger charge is 2.38. The maximum absolute atomic E-state index is 12.2. The molecule has 2 aromatic carbocycles. The minimum Gasteiger partial charge on any atom is -0.508 e. The lowest BCUT2D eigenvalue weighted by atomic mass is 9.64. The van der Waals surface area contributed by atoms with Gasteiger partial charge in [-0.1, -0.05) is 52.7 Å². The summed E-state index contributed by atoms with van der Waals surface area (Å²) in [5.41, 5.74) is 2.19. The van der Waals surface area contributed by atoms with E-state index < -0.39 is 0 Å². The minimum absolute atomic E-state index is 0.0412. The molecule has 0 atom stereocenters. The van der Waals surface area contributed by atoms with E-state index in [2.05, 4.69) is 39.4 Å². The van der Waals surface area contributed by atoms with Crippen molar-refractivity contribution in [1.29, 1.82) is 0 Å². The summed E-state index contributed by atoms with van der Waals surface area (Å²) in [5, 5.41) is 12.9. The molecule has 0 radical (unpaired) electrons. The van der Waals surface area contributed by atoms with Crippen LogP contribution in [-0.4, -0.2) is 17.6 Å². The zero-order valence-electron chi connectivity index (χ0n) is 13.6. The van der Waals surface area contributed by atoms with E-state index >= 15 is 0 Å². The topological polar surface area (TPSA) is 49.3 Å². The molecule has 1 aliphatic rings. The Bertz CT molecular complexity index is 725. The summed E-state index contributed by atoms with van der Waals surface area (Å²) in [7, 11) is 0. The van der Waals surface area contributed by atoms with Crippen molar-refractivity contribution < 1.29 is 9.90 Å². The zero-order valence-corrected chi connectivity index (χ0v) is 15.2. The van der Waals surface area contributed by atoms with E-state index in [-0.39, 0.29) is 17.1 Å². The highest BCUT2D eigenvalue weighted by atomic mass is 79.9. The molecule has 0 spiro atoms. The Kier molecular flexibility index (Phi) is 5.24. The summed E-state index contributed by atoms with van der Waals surface area (Å²) in [5.74, 6) is 0.300. The monoisotopic (exact) mass is 387 g/mol. The SMILES string of the molecule is O=C(CCc1ccccc1O)NCC1(c2cccc(Br)c2)CCC1. The predicted octanol–water partition coefficient (Wildman–Crippen LogP) is 4.33. The Hall–Kier alpha value is -1.81. The van der Waals surface area contributed by atoms with Crippen molar-refractivity contribution in [3.8, 4) is 5.75 Å².